The molecule has 5 aromatic heterocycles. The van der Waals surface area contributed by atoms with Crippen LogP contribution in [0, 0.1) is 58.3 Å². The fourth-order valence-corrected chi connectivity index (χ4v) is 19.8. The molecule has 13 rings (SSSR count). The molecule has 12 atom stereocenters. The summed E-state index contributed by atoms with van der Waals surface area (Å²) in [5.41, 5.74) is 10.5. The number of nitrogens with zero attached hydrogens (tertiary/aromatic N) is 8. The van der Waals surface area contributed by atoms with Crippen molar-refractivity contribution in [3.05, 3.63) is 170 Å². The number of carboxylic acid groups (broad SMARTS) is 1. The average Bonchev–Trinajstić information content (AvgIpc) is 1.62. The number of ketones is 1. The molecular weight excluding hydrogens is 1630 g/mol. The highest BCUT2D eigenvalue weighted by Crippen LogP contribution is 2.43. The van der Waals surface area contributed by atoms with Crippen molar-refractivity contribution in [1.29, 1.82) is 0 Å². The zero-order chi connectivity index (χ0) is 88.9. The van der Waals surface area contributed by atoms with Crippen molar-refractivity contribution < 1.29 is 78.4 Å². The smallest absolute Gasteiger partial charge is 0.340 e. The molecule has 29 heteroatoms. The van der Waals surface area contributed by atoms with Gasteiger partial charge in [-0.15, -0.1) is 0 Å². The number of esters is 2. The highest BCUT2D eigenvalue weighted by atomic mass is 32.2. The third-order valence-electron chi connectivity index (χ3n) is 26.0. The number of benzene rings is 4. The molecule has 4 aromatic carbocycles. The number of carboxylic acids is 1. The Morgan fingerprint density at radius 3 is 1.06 bits per heavy atom. The van der Waals surface area contributed by atoms with Gasteiger partial charge in [-0.1, -0.05) is 95.1 Å². The minimum Gasteiger partial charge on any atom is -0.496 e. The molecule has 4 saturated heterocycles. The molecule has 2 N–H and O–H groups in total. The Balaban J connectivity index is 0.000000292. The summed E-state index contributed by atoms with van der Waals surface area (Å²) in [5.74, 6) is -0.993. The number of thioether (sulfide) groups is 1. The Bertz CT molecular complexity index is 5110. The maximum atomic E-state index is 13.6. The van der Waals surface area contributed by atoms with E-state index in [0.29, 0.717) is 96.0 Å². The molecule has 4 aliphatic heterocycles. The van der Waals surface area contributed by atoms with Crippen LogP contribution in [-0.4, -0.2) is 215 Å². The zero-order valence-electron chi connectivity index (χ0n) is 73.8. The van der Waals surface area contributed by atoms with E-state index >= 15 is 0 Å². The Labute approximate surface area is 740 Å². The van der Waals surface area contributed by atoms with Gasteiger partial charge in [0.05, 0.1) is 63.2 Å². The number of likely N-dealkylation sites (tertiary alicyclic amines) is 4. The van der Waals surface area contributed by atoms with Crippen LogP contribution in [0.5, 0.6) is 5.75 Å². The molecular formula is C96H135BF8N9O10S. The number of para-hydroxylation sites is 4. The highest BCUT2D eigenvalue weighted by molar-refractivity contribution is 7.97. The summed E-state index contributed by atoms with van der Waals surface area (Å²) < 4.78 is 127. The van der Waals surface area contributed by atoms with Gasteiger partial charge in [0.15, 0.2) is 5.78 Å². The molecule has 9 heterocycles. The first-order chi connectivity index (χ1) is 57.5. The molecule has 0 aliphatic carbocycles. The van der Waals surface area contributed by atoms with E-state index in [1.807, 2.05) is 180 Å². The number of fused-ring (bicyclic) bond motifs is 4. The van der Waals surface area contributed by atoms with Crippen LogP contribution in [0.3, 0.4) is 0 Å². The van der Waals surface area contributed by atoms with Crippen LogP contribution in [0.25, 0.3) is 43.6 Å². The monoisotopic (exact) mass is 1770 g/mol. The van der Waals surface area contributed by atoms with Crippen LogP contribution >= 0.6 is 11.8 Å². The van der Waals surface area contributed by atoms with Crippen molar-refractivity contribution in [2.75, 3.05) is 79.7 Å². The number of piperidine rings is 4. The fourth-order valence-electron chi connectivity index (χ4n) is 19.8. The van der Waals surface area contributed by atoms with E-state index in [9.17, 15) is 69.0 Å². The lowest BCUT2D eigenvalue weighted by Crippen LogP contribution is -2.48. The van der Waals surface area contributed by atoms with E-state index in [1.54, 1.807) is 24.8 Å². The average molecular weight is 1770 g/mol. The summed E-state index contributed by atoms with van der Waals surface area (Å²) in [7, 11) is 4.30. The van der Waals surface area contributed by atoms with Crippen molar-refractivity contribution in [3.63, 3.8) is 0 Å². The number of pyridine rings is 1. The van der Waals surface area contributed by atoms with Crippen LogP contribution in [0.2, 0.25) is 0 Å². The number of alkyl halides is 8. The number of hydrogen-bond acceptors (Lipinski definition) is 13. The Kier molecular flexibility index (Phi) is 40.7. The van der Waals surface area contributed by atoms with E-state index < -0.39 is 37.6 Å². The largest absolute Gasteiger partial charge is 0.496 e. The lowest BCUT2D eigenvalue weighted by molar-refractivity contribution is -0.147. The van der Waals surface area contributed by atoms with Crippen LogP contribution in [0.15, 0.2) is 108 Å². The predicted molar refractivity (Wildman–Crippen MR) is 491 cm³/mol. The highest BCUT2D eigenvalue weighted by Gasteiger charge is 2.40. The number of carbonyl (C=O) groups excluding carboxylic acids is 4. The third kappa shape index (κ3) is 24.3. The summed E-state index contributed by atoms with van der Waals surface area (Å²) in [4.78, 5) is 84.0. The van der Waals surface area contributed by atoms with Crippen LogP contribution in [-0.2, 0) is 20.7 Å². The van der Waals surface area contributed by atoms with E-state index in [-0.39, 0.29) is 141 Å². The molecule has 19 nitrogen and oxygen atoms in total. The van der Waals surface area contributed by atoms with Gasteiger partial charge in [0.2, 0.25) is 0 Å². The minimum absolute atomic E-state index is 0. The van der Waals surface area contributed by atoms with Gasteiger partial charge in [-0.05, 0) is 234 Å². The summed E-state index contributed by atoms with van der Waals surface area (Å²) >= 11 is 1.75. The number of carbonyl (C=O) groups is 5. The minimum atomic E-state index is -2.96. The van der Waals surface area contributed by atoms with E-state index in [0.717, 1.165) is 105 Å². The lowest BCUT2D eigenvalue weighted by Gasteiger charge is -2.40. The number of methoxy groups -OCH3 is 3. The molecule has 1 amide bonds. The van der Waals surface area contributed by atoms with Crippen molar-refractivity contribution in [1.82, 2.24) is 42.9 Å². The van der Waals surface area contributed by atoms with Crippen LogP contribution in [0.4, 0.5) is 35.1 Å². The van der Waals surface area contributed by atoms with E-state index in [4.69, 9.17) is 14.2 Å². The molecule has 9 aromatic rings. The summed E-state index contributed by atoms with van der Waals surface area (Å²) in [6, 6.07) is 33.4. The first kappa shape index (κ1) is 107. The number of aryl methyl sites for hydroxylation is 1. The lowest BCUT2D eigenvalue weighted by atomic mass is 9.86. The Morgan fingerprint density at radius 2 is 0.768 bits per heavy atom. The van der Waals surface area contributed by atoms with Gasteiger partial charge >= 0.3 is 24.3 Å². The second kappa shape index (κ2) is 47.8. The standard InChI is InChI=1S/C29H37F2N3O3.C21H26F2N2O3.C21H28F2N2O2.C20H26F2N2O2.C2H6S.3CH4.B/c1-17-14-26(37-5)23(29(36)32-17)10-11-25(35)28-20(4)34(24-9-7-6-8-22(24)28)19(3)21-12-13-33(16-27(30)31)18(2)15-21;1-12-11-15(9-10-24(12)20(26)19(22)23)13(2)25-14(3)18(21(27)28-4)16-7-5-6-8-17(16)25;1-13-11-16(9-10-24(13)12-19(22)23)14(2)25-15(3)20(21(26)27-4)17-7-5-6-8-18(17)25;1-12-10-15(8-9-23(12)11-18(21)22)13(2)24-14(3)19(20(25)26)16-6-4-5-7-17(16)24;1-3-2;;;;/h6-9,14,18-19,21,27H,10-13,15-16H2,1-5H3,(H,32,36);5-8,12-13,15,19H,9-11H2,1-4H3;5-8,13-14,16,19H,9-12H2,1-4H3;4-7,12-13,15,18H,8-11H2,1-3H3,(H,25,26);1-2H3;3*1H4;. The summed E-state index contributed by atoms with van der Waals surface area (Å²) in [6.07, 6.45) is 1.04. The van der Waals surface area contributed by atoms with Crippen molar-refractivity contribution in [3.8, 4) is 5.75 Å². The number of H-pyrrole nitrogens is 1. The number of halogens is 8. The second-order valence-electron chi connectivity index (χ2n) is 33.3. The molecule has 0 bridgehead atoms. The number of aromatic nitrogens is 5. The number of amides is 1. The van der Waals surface area contributed by atoms with E-state index in [2.05, 4.69) is 50.9 Å². The van der Waals surface area contributed by atoms with Gasteiger partial charge < -0.3 is 47.5 Å². The normalized spacial score (nSPS) is 20.2. The second-order valence-corrected chi connectivity index (χ2v) is 34.1. The summed E-state index contributed by atoms with van der Waals surface area (Å²) in [5, 5.41) is 13.0. The van der Waals surface area contributed by atoms with Gasteiger partial charge in [-0.3, -0.25) is 29.1 Å². The predicted octanol–water partition coefficient (Wildman–Crippen LogP) is 21.6. The fraction of sp³-hybridized carbons (Fsp3) is 0.562. The topological polar surface area (TPSA) is 199 Å². The number of hydrogen-bond donors (Lipinski definition) is 2. The summed E-state index contributed by atoms with van der Waals surface area (Å²) in [6.45, 7) is 27.7. The first-order valence-corrected chi connectivity index (χ1v) is 43.7. The van der Waals surface area contributed by atoms with Crippen molar-refractivity contribution in [2.45, 2.75) is 251 Å². The maximum absolute atomic E-state index is 13.6. The number of aromatic carboxylic acids is 1. The van der Waals surface area contributed by atoms with Gasteiger partial charge in [0.25, 0.3) is 30.7 Å². The molecule has 3 radical (unpaired) electrons. The molecule has 125 heavy (non-hydrogen) atoms. The Morgan fingerprint density at radius 1 is 0.472 bits per heavy atom. The van der Waals surface area contributed by atoms with E-state index in [1.165, 1.54) is 26.2 Å². The molecule has 0 saturated carbocycles. The van der Waals surface area contributed by atoms with Gasteiger partial charge in [-0.2, -0.15) is 20.5 Å². The van der Waals surface area contributed by atoms with Gasteiger partial charge in [0, 0.05) is 147 Å². The Hall–Kier alpha value is -8.93. The SMILES string of the molecule is C.C.C.COC(=O)c1c(C)n(C(C)C2CCN(C(=O)C(F)F)C(C)C2)c2ccccc12.COC(=O)c1c(C)n(C(C)C2CCN(CC(F)F)C(C)C2)c2ccccc12.COc1cc(C)[nH]c(=O)c1CCC(=O)c1c(C)n(C(C)C2CCN(CC(F)F)C(C)C2)c2ccccc12.CSC.Cc1c(C(=O)O)c2ccccc2n1C(C)C1CCN(CC(F)F)C(C)C1.[B]. The maximum Gasteiger partial charge on any atom is 0.340 e. The molecule has 689 valence electrons. The molecule has 4 fully saturated rings. The number of aromatic amines is 1. The van der Waals surface area contributed by atoms with Gasteiger partial charge in [0.1, 0.15) is 5.75 Å². The molecule has 4 aliphatic rings. The number of rotatable bonds is 23. The molecule has 12 unspecified atom stereocenters. The van der Waals surface area contributed by atoms with Gasteiger partial charge in [-0.25, -0.2) is 40.7 Å². The number of nitrogens with one attached hydrogen (secondary N) is 1. The third-order valence-corrected chi connectivity index (χ3v) is 26.0. The van der Waals surface area contributed by atoms with Crippen molar-refractivity contribution >= 4 is 93.4 Å². The quantitative estimate of drug-likeness (QED) is 0.0265. The number of ether oxygens (including phenoxy) is 3. The number of Topliss-reactive ketones (excluding diaryl/α,β-unsaturated/α-hetero) is 1. The van der Waals surface area contributed by atoms with Crippen molar-refractivity contribution in [2.24, 2.45) is 23.7 Å². The zero-order valence-corrected chi connectivity index (χ0v) is 74.6. The van der Waals surface area contributed by atoms with Crippen LogP contribution < -0.4 is 10.3 Å². The first-order valence-electron chi connectivity index (χ1n) is 42.1. The molecule has 0 spiro atoms. The van der Waals surface area contributed by atoms with Crippen LogP contribution in [0.1, 0.15) is 235 Å².